The number of hydrogen-bond donors (Lipinski definition) is 0. The number of carbonyl (C=O) groups excluding carboxylic acids is 1. The van der Waals surface area contributed by atoms with Gasteiger partial charge in [0, 0.05) is 22.3 Å². The van der Waals surface area contributed by atoms with Gasteiger partial charge in [-0.3, -0.25) is 0 Å². The molecule has 0 fully saturated rings. The van der Waals surface area contributed by atoms with Crippen LogP contribution in [0.2, 0.25) is 10.2 Å². The van der Waals surface area contributed by atoms with Gasteiger partial charge in [0.2, 0.25) is 5.89 Å². The maximum absolute atomic E-state index is 11.5. The Labute approximate surface area is 148 Å². The summed E-state index contributed by atoms with van der Waals surface area (Å²) in [5.41, 5.74) is 0.712. The Morgan fingerprint density at radius 2 is 2.17 bits per heavy atom. The average molecular weight is 388 g/mol. The molecule has 0 aliphatic carbocycles. The van der Waals surface area contributed by atoms with Crippen LogP contribution in [-0.2, 0) is 4.74 Å². The van der Waals surface area contributed by atoms with E-state index in [-0.39, 0.29) is 15.3 Å². The third-order valence-electron chi connectivity index (χ3n) is 2.59. The van der Waals surface area contributed by atoms with Crippen LogP contribution in [0.4, 0.5) is 0 Å². The predicted molar refractivity (Wildman–Crippen MR) is 87.3 cm³/mol. The first-order valence-corrected chi connectivity index (χ1v) is 8.47. The number of nitrogens with zero attached hydrogens (tertiary/aromatic N) is 3. The van der Waals surface area contributed by atoms with Crippen molar-refractivity contribution in [2.45, 2.75) is 9.56 Å². The first-order chi connectivity index (χ1) is 11.1. The van der Waals surface area contributed by atoms with E-state index in [9.17, 15) is 4.79 Å². The van der Waals surface area contributed by atoms with Crippen molar-refractivity contribution in [2.24, 2.45) is 0 Å². The number of hydrogen-bond acceptors (Lipinski definition) is 8. The number of benzene rings is 1. The van der Waals surface area contributed by atoms with Crippen LogP contribution in [0, 0.1) is 0 Å². The van der Waals surface area contributed by atoms with Crippen molar-refractivity contribution in [3.8, 4) is 11.5 Å². The molecule has 23 heavy (non-hydrogen) atoms. The monoisotopic (exact) mass is 387 g/mol. The van der Waals surface area contributed by atoms with Crippen LogP contribution in [0.5, 0.6) is 0 Å². The molecule has 2 heterocycles. The fourth-order valence-electron chi connectivity index (χ4n) is 1.61. The summed E-state index contributed by atoms with van der Waals surface area (Å²) < 4.78 is 10.7. The van der Waals surface area contributed by atoms with E-state index in [1.165, 1.54) is 7.11 Å². The van der Waals surface area contributed by atoms with Crippen molar-refractivity contribution >= 4 is 52.3 Å². The van der Waals surface area contributed by atoms with Crippen molar-refractivity contribution in [3.63, 3.8) is 0 Å². The summed E-state index contributed by atoms with van der Waals surface area (Å²) in [6.07, 6.45) is 0. The quantitative estimate of drug-likeness (QED) is 0.612. The second-order valence-electron chi connectivity index (χ2n) is 4.08. The molecule has 0 unspecified atom stereocenters. The lowest BCUT2D eigenvalue weighted by atomic mass is 10.2. The third kappa shape index (κ3) is 3.66. The molecule has 6 nitrogen and oxygen atoms in total. The lowest BCUT2D eigenvalue weighted by molar-refractivity contribution is 0.0606. The largest absolute Gasteiger partial charge is 0.465 e. The molecular weight excluding hydrogens is 381 g/mol. The number of rotatable bonds is 4. The summed E-state index contributed by atoms with van der Waals surface area (Å²) >= 11 is 14.0. The van der Waals surface area contributed by atoms with E-state index in [0.717, 1.165) is 23.1 Å². The molecule has 0 saturated heterocycles. The smallest absolute Gasteiger partial charge is 0.351 e. The van der Waals surface area contributed by atoms with Crippen LogP contribution >= 0.6 is 46.3 Å². The van der Waals surface area contributed by atoms with Crippen LogP contribution in [0.25, 0.3) is 11.5 Å². The van der Waals surface area contributed by atoms with Gasteiger partial charge in [-0.1, -0.05) is 40.6 Å². The fraction of sp³-hybridized carbons (Fsp3) is 0.0769. The van der Waals surface area contributed by atoms with Gasteiger partial charge in [-0.2, -0.15) is 0 Å². The van der Waals surface area contributed by atoms with Crippen LogP contribution in [0.3, 0.4) is 0 Å². The van der Waals surface area contributed by atoms with Crippen LogP contribution in [-0.4, -0.2) is 28.3 Å². The van der Waals surface area contributed by atoms with Crippen molar-refractivity contribution in [1.82, 2.24) is 15.2 Å². The molecule has 10 heteroatoms. The summed E-state index contributed by atoms with van der Waals surface area (Å²) in [7, 11) is 1.28. The lowest BCUT2D eigenvalue weighted by Gasteiger charge is -1.94. The third-order valence-corrected chi connectivity index (χ3v) is 5.15. The van der Waals surface area contributed by atoms with Crippen LogP contribution in [0.15, 0.2) is 38.2 Å². The second-order valence-corrected chi connectivity index (χ2v) is 7.07. The Hall–Kier alpha value is -1.61. The van der Waals surface area contributed by atoms with E-state index in [2.05, 4.69) is 19.9 Å². The summed E-state index contributed by atoms with van der Waals surface area (Å²) in [6.45, 7) is 0. The molecule has 0 saturated carbocycles. The molecule has 0 radical (unpaired) electrons. The van der Waals surface area contributed by atoms with Gasteiger partial charge < -0.3 is 9.15 Å². The molecule has 0 aliphatic rings. The maximum atomic E-state index is 11.5. The number of aromatic nitrogens is 3. The second kappa shape index (κ2) is 6.88. The van der Waals surface area contributed by atoms with Gasteiger partial charge >= 0.3 is 5.97 Å². The highest BCUT2D eigenvalue weighted by atomic mass is 35.5. The van der Waals surface area contributed by atoms with E-state index in [1.54, 1.807) is 18.2 Å². The van der Waals surface area contributed by atoms with E-state index in [0.29, 0.717) is 20.8 Å². The molecular formula is C13H7Cl2N3O3S2. The average Bonchev–Trinajstić information content (AvgIpc) is 3.14. The predicted octanol–water partition coefficient (Wildman–Crippen LogP) is 4.44. The van der Waals surface area contributed by atoms with Crippen molar-refractivity contribution in [3.05, 3.63) is 39.3 Å². The molecule has 3 rings (SSSR count). The lowest BCUT2D eigenvalue weighted by Crippen LogP contribution is -1.98. The zero-order chi connectivity index (χ0) is 16.4. The summed E-state index contributed by atoms with van der Waals surface area (Å²) in [5, 5.41) is 8.83. The van der Waals surface area contributed by atoms with Gasteiger partial charge in [-0.25, -0.2) is 9.78 Å². The number of methoxy groups -OCH3 is 1. The zero-order valence-electron chi connectivity index (χ0n) is 11.4. The maximum Gasteiger partial charge on any atom is 0.351 e. The fourth-order valence-corrected chi connectivity index (χ4v) is 3.90. The SMILES string of the molecule is COC(=O)c1sc(Sc2nnc(-c3cccc(Cl)c3)o2)nc1Cl. The topological polar surface area (TPSA) is 78.1 Å². The summed E-state index contributed by atoms with van der Waals surface area (Å²) in [5.74, 6) is -0.199. The number of thiazole rings is 1. The van der Waals surface area contributed by atoms with Crippen molar-refractivity contribution in [1.29, 1.82) is 0 Å². The molecule has 2 aromatic heterocycles. The highest BCUT2D eigenvalue weighted by molar-refractivity contribution is 8.00. The minimum atomic E-state index is -0.538. The zero-order valence-corrected chi connectivity index (χ0v) is 14.6. The summed E-state index contributed by atoms with van der Waals surface area (Å²) in [6, 6.07) is 7.07. The molecule has 0 aliphatic heterocycles. The van der Waals surface area contributed by atoms with Gasteiger partial charge in [-0.05, 0) is 18.2 Å². The Bertz CT molecular complexity index is 866. The van der Waals surface area contributed by atoms with Crippen LogP contribution < -0.4 is 0 Å². The molecule has 0 N–H and O–H groups in total. The van der Waals surface area contributed by atoms with Crippen LogP contribution in [0.1, 0.15) is 9.67 Å². The highest BCUT2D eigenvalue weighted by Gasteiger charge is 2.19. The molecule has 0 atom stereocenters. The van der Waals surface area contributed by atoms with Gasteiger partial charge in [0.15, 0.2) is 14.4 Å². The molecule has 118 valence electrons. The Kier molecular flexibility index (Phi) is 4.86. The first kappa shape index (κ1) is 16.3. The van der Waals surface area contributed by atoms with E-state index < -0.39 is 5.97 Å². The minimum absolute atomic E-state index is 0.0823. The Balaban J connectivity index is 1.81. The number of halogens is 2. The number of esters is 1. The van der Waals surface area contributed by atoms with Crippen molar-refractivity contribution in [2.75, 3.05) is 7.11 Å². The standard InChI is InChI=1S/C13H7Cl2N3O3S2/c1-20-11(19)8-9(15)16-13(22-8)23-12-18-17-10(21-12)6-3-2-4-7(14)5-6/h2-5H,1H3. The molecule has 0 amide bonds. The molecule has 0 bridgehead atoms. The number of carbonyl (C=O) groups is 1. The molecule has 0 spiro atoms. The molecule has 3 aromatic rings. The normalized spacial score (nSPS) is 10.7. The van der Waals surface area contributed by atoms with Gasteiger partial charge in [0.1, 0.15) is 0 Å². The minimum Gasteiger partial charge on any atom is -0.465 e. The summed E-state index contributed by atoms with van der Waals surface area (Å²) in [4.78, 5) is 15.8. The van der Waals surface area contributed by atoms with E-state index >= 15 is 0 Å². The van der Waals surface area contributed by atoms with E-state index in [1.807, 2.05) is 6.07 Å². The Morgan fingerprint density at radius 3 is 2.91 bits per heavy atom. The Morgan fingerprint density at radius 1 is 1.35 bits per heavy atom. The van der Waals surface area contributed by atoms with Gasteiger partial charge in [-0.15, -0.1) is 10.2 Å². The molecule has 1 aromatic carbocycles. The van der Waals surface area contributed by atoms with Gasteiger partial charge in [0.25, 0.3) is 5.22 Å². The van der Waals surface area contributed by atoms with E-state index in [4.69, 9.17) is 27.6 Å². The number of ether oxygens (including phenoxy) is 1. The first-order valence-electron chi connectivity index (χ1n) is 6.09. The van der Waals surface area contributed by atoms with Crippen molar-refractivity contribution < 1.29 is 13.9 Å². The highest BCUT2D eigenvalue weighted by Crippen LogP contribution is 2.35. The van der Waals surface area contributed by atoms with Gasteiger partial charge in [0.05, 0.1) is 7.11 Å².